The molecule has 4 nitrogen and oxygen atoms in total. The molecule has 0 aliphatic rings. The van der Waals surface area contributed by atoms with Gasteiger partial charge >= 0.3 is 0 Å². The quantitative estimate of drug-likeness (QED) is 0.505. The fourth-order valence-corrected chi connectivity index (χ4v) is 2.50. The van der Waals surface area contributed by atoms with Crippen molar-refractivity contribution in [3.05, 3.63) is 23.5 Å². The third-order valence-electron chi connectivity index (χ3n) is 1.73. The van der Waals surface area contributed by atoms with Gasteiger partial charge in [0.2, 0.25) is 10.0 Å². The van der Waals surface area contributed by atoms with Gasteiger partial charge in [-0.1, -0.05) is 11.6 Å². The molecule has 0 aliphatic carbocycles. The number of rotatable bonds is 4. The molecule has 0 saturated carbocycles. The Morgan fingerprint density at radius 3 is 2.94 bits per heavy atom. The second-order valence-corrected chi connectivity index (χ2v) is 4.96. The molecular formula is C10H11ClN2O2S. The highest BCUT2D eigenvalue weighted by molar-refractivity contribution is 7.89. The van der Waals surface area contributed by atoms with Crippen LogP contribution in [0.25, 0.3) is 0 Å². The van der Waals surface area contributed by atoms with E-state index in [1.165, 1.54) is 18.3 Å². The fourth-order valence-electron chi connectivity index (χ4n) is 1.02. The molecule has 0 radical (unpaired) electrons. The summed E-state index contributed by atoms with van der Waals surface area (Å²) < 4.78 is 25.9. The maximum absolute atomic E-state index is 11.7. The van der Waals surface area contributed by atoms with E-state index in [-0.39, 0.29) is 16.6 Å². The van der Waals surface area contributed by atoms with E-state index < -0.39 is 10.0 Å². The average molecular weight is 259 g/mol. The van der Waals surface area contributed by atoms with Gasteiger partial charge in [0.05, 0.1) is 0 Å². The first-order valence-corrected chi connectivity index (χ1v) is 6.44. The van der Waals surface area contributed by atoms with Gasteiger partial charge in [-0.2, -0.15) is 0 Å². The molecule has 0 spiro atoms. The molecule has 86 valence electrons. The summed E-state index contributed by atoms with van der Waals surface area (Å²) in [7, 11) is -3.58. The van der Waals surface area contributed by atoms with Crippen molar-refractivity contribution in [1.82, 2.24) is 9.71 Å². The molecule has 1 N–H and O–H groups in total. The van der Waals surface area contributed by atoms with E-state index >= 15 is 0 Å². The summed E-state index contributed by atoms with van der Waals surface area (Å²) in [4.78, 5) is 3.70. The highest BCUT2D eigenvalue weighted by atomic mass is 35.5. The summed E-state index contributed by atoms with van der Waals surface area (Å²) >= 11 is 5.69. The highest BCUT2D eigenvalue weighted by Gasteiger charge is 2.16. The SMILES string of the molecule is CC#CCCNS(=O)(=O)c1cccnc1Cl. The number of halogens is 1. The Morgan fingerprint density at radius 1 is 1.56 bits per heavy atom. The number of aromatic nitrogens is 1. The van der Waals surface area contributed by atoms with Crippen molar-refractivity contribution in [2.24, 2.45) is 0 Å². The maximum atomic E-state index is 11.7. The van der Waals surface area contributed by atoms with Crippen LogP contribution in [0.3, 0.4) is 0 Å². The maximum Gasteiger partial charge on any atom is 0.243 e. The first-order valence-electron chi connectivity index (χ1n) is 4.57. The van der Waals surface area contributed by atoms with Gasteiger partial charge in [-0.25, -0.2) is 18.1 Å². The molecule has 16 heavy (non-hydrogen) atoms. The Hall–Kier alpha value is -1.09. The van der Waals surface area contributed by atoms with Crippen LogP contribution in [0.2, 0.25) is 5.15 Å². The van der Waals surface area contributed by atoms with Crippen LogP contribution in [-0.2, 0) is 10.0 Å². The second kappa shape index (κ2) is 5.85. The summed E-state index contributed by atoms with van der Waals surface area (Å²) in [6.07, 6.45) is 1.90. The molecule has 1 rings (SSSR count). The Morgan fingerprint density at radius 2 is 2.31 bits per heavy atom. The molecule has 0 amide bonds. The third kappa shape index (κ3) is 3.49. The molecule has 0 unspecified atom stereocenters. The van der Waals surface area contributed by atoms with E-state index in [1.807, 2.05) is 0 Å². The Bertz CT molecular complexity index is 517. The monoisotopic (exact) mass is 258 g/mol. The molecule has 0 bridgehead atoms. The van der Waals surface area contributed by atoms with Gasteiger partial charge in [0.15, 0.2) is 0 Å². The molecule has 0 aromatic carbocycles. The minimum Gasteiger partial charge on any atom is -0.243 e. The minimum absolute atomic E-state index is 0.0128. The van der Waals surface area contributed by atoms with Crippen molar-refractivity contribution in [2.75, 3.05) is 6.54 Å². The predicted molar refractivity (Wildman–Crippen MR) is 62.5 cm³/mol. The summed E-state index contributed by atoms with van der Waals surface area (Å²) in [5, 5.41) is -0.0309. The van der Waals surface area contributed by atoms with Gasteiger partial charge in [-0.05, 0) is 19.1 Å². The number of nitrogens with one attached hydrogen (secondary N) is 1. The second-order valence-electron chi connectivity index (χ2n) is 2.87. The van der Waals surface area contributed by atoms with Crippen LogP contribution in [0.4, 0.5) is 0 Å². The van der Waals surface area contributed by atoms with E-state index in [4.69, 9.17) is 11.6 Å². The first kappa shape index (κ1) is 13.0. The van der Waals surface area contributed by atoms with E-state index in [2.05, 4.69) is 21.5 Å². The lowest BCUT2D eigenvalue weighted by Crippen LogP contribution is -2.25. The van der Waals surface area contributed by atoms with Crippen LogP contribution in [0.1, 0.15) is 13.3 Å². The van der Waals surface area contributed by atoms with Gasteiger partial charge < -0.3 is 0 Å². The zero-order valence-corrected chi connectivity index (χ0v) is 10.3. The van der Waals surface area contributed by atoms with Crippen molar-refractivity contribution in [2.45, 2.75) is 18.2 Å². The van der Waals surface area contributed by atoms with Crippen LogP contribution in [0, 0.1) is 11.8 Å². The van der Waals surface area contributed by atoms with Crippen molar-refractivity contribution < 1.29 is 8.42 Å². The lowest BCUT2D eigenvalue weighted by Gasteiger charge is -2.05. The van der Waals surface area contributed by atoms with Crippen molar-refractivity contribution in [3.63, 3.8) is 0 Å². The molecule has 0 atom stereocenters. The third-order valence-corrected chi connectivity index (χ3v) is 3.64. The summed E-state index contributed by atoms with van der Waals surface area (Å²) in [5.41, 5.74) is 0. The topological polar surface area (TPSA) is 59.1 Å². The highest BCUT2D eigenvalue weighted by Crippen LogP contribution is 2.17. The smallest absolute Gasteiger partial charge is 0.243 e. The first-order chi connectivity index (χ1) is 7.58. The van der Waals surface area contributed by atoms with E-state index in [1.54, 1.807) is 6.92 Å². The van der Waals surface area contributed by atoms with Gasteiger partial charge in [0.25, 0.3) is 0 Å². The lowest BCUT2D eigenvalue weighted by molar-refractivity contribution is 0.582. The Labute approximate surface area is 100 Å². The molecule has 1 aromatic heterocycles. The molecule has 0 aliphatic heterocycles. The predicted octanol–water partition coefficient (Wildman–Crippen LogP) is 1.43. The normalized spacial score (nSPS) is 10.6. The van der Waals surface area contributed by atoms with Crippen molar-refractivity contribution in [3.8, 4) is 11.8 Å². The standard InChI is InChI=1S/C10H11ClN2O2S/c1-2-3-4-8-13-16(14,15)9-6-5-7-12-10(9)11/h5-7,13H,4,8H2,1H3. The Balaban J connectivity index is 2.78. The van der Waals surface area contributed by atoms with Gasteiger partial charge in [-0.3, -0.25) is 0 Å². The zero-order valence-electron chi connectivity index (χ0n) is 8.70. The molecule has 6 heteroatoms. The number of pyridine rings is 1. The largest absolute Gasteiger partial charge is 0.243 e. The molecule has 0 saturated heterocycles. The molecule has 0 fully saturated rings. The summed E-state index contributed by atoms with van der Waals surface area (Å²) in [6, 6.07) is 2.93. The summed E-state index contributed by atoms with van der Waals surface area (Å²) in [5.74, 6) is 5.44. The average Bonchev–Trinajstić information content (AvgIpc) is 2.25. The lowest BCUT2D eigenvalue weighted by atomic mass is 10.4. The number of hydrogen-bond acceptors (Lipinski definition) is 3. The number of sulfonamides is 1. The van der Waals surface area contributed by atoms with Crippen LogP contribution in [0.5, 0.6) is 0 Å². The fraction of sp³-hybridized carbons (Fsp3) is 0.300. The van der Waals surface area contributed by atoms with Crippen LogP contribution < -0.4 is 4.72 Å². The van der Waals surface area contributed by atoms with Crippen LogP contribution >= 0.6 is 11.6 Å². The molecule has 1 aromatic rings. The van der Waals surface area contributed by atoms with Crippen molar-refractivity contribution in [1.29, 1.82) is 0 Å². The summed E-state index contributed by atoms with van der Waals surface area (Å²) in [6.45, 7) is 1.96. The van der Waals surface area contributed by atoms with Crippen LogP contribution in [0.15, 0.2) is 23.2 Å². The van der Waals surface area contributed by atoms with Gasteiger partial charge in [-0.15, -0.1) is 11.8 Å². The van der Waals surface area contributed by atoms with Gasteiger partial charge in [0.1, 0.15) is 10.0 Å². The van der Waals surface area contributed by atoms with Crippen LogP contribution in [-0.4, -0.2) is 19.9 Å². The van der Waals surface area contributed by atoms with E-state index in [0.29, 0.717) is 6.42 Å². The minimum atomic E-state index is -3.58. The Kier molecular flexibility index (Phi) is 4.74. The molecular weight excluding hydrogens is 248 g/mol. The number of nitrogens with zero attached hydrogens (tertiary/aromatic N) is 1. The van der Waals surface area contributed by atoms with Crippen molar-refractivity contribution >= 4 is 21.6 Å². The van der Waals surface area contributed by atoms with E-state index in [0.717, 1.165) is 0 Å². The molecule has 1 heterocycles. The number of hydrogen-bond donors (Lipinski definition) is 1. The van der Waals surface area contributed by atoms with E-state index in [9.17, 15) is 8.42 Å². The zero-order chi connectivity index (χ0) is 12.0. The van der Waals surface area contributed by atoms with Gasteiger partial charge in [0, 0.05) is 19.2 Å².